The lowest BCUT2D eigenvalue weighted by Crippen LogP contribution is -2.61. The van der Waals surface area contributed by atoms with Gasteiger partial charge in [-0.2, -0.15) is 4.73 Å². The van der Waals surface area contributed by atoms with Crippen molar-refractivity contribution >= 4 is 12.4 Å². The lowest BCUT2D eigenvalue weighted by molar-refractivity contribution is -0.605. The Labute approximate surface area is 119 Å². The van der Waals surface area contributed by atoms with E-state index in [1.54, 1.807) is 6.07 Å². The molecule has 1 aromatic rings. The zero-order valence-electron chi connectivity index (χ0n) is 10.8. The molecule has 1 aromatic heterocycles. The molecule has 4 aliphatic rings. The fraction of sp³-hybridized carbons (Fsp3) is 0.643. The molecule has 5 heteroatoms. The fourth-order valence-corrected chi connectivity index (χ4v) is 4.22. The van der Waals surface area contributed by atoms with E-state index in [0.29, 0.717) is 17.9 Å². The number of nitrogens with zero attached hydrogens (tertiary/aromatic N) is 2. The summed E-state index contributed by atoms with van der Waals surface area (Å²) in [5.41, 5.74) is 0. The minimum Gasteiger partial charge on any atom is -0.619 e. The highest BCUT2D eigenvalue weighted by Gasteiger charge is 2.48. The number of aromatic nitrogens is 1. The summed E-state index contributed by atoms with van der Waals surface area (Å²) in [6, 6.07) is 3.64. The van der Waals surface area contributed by atoms with Gasteiger partial charge in [0.2, 0.25) is 6.20 Å². The number of piperidine rings is 3. The second kappa shape index (κ2) is 4.84. The fourth-order valence-electron chi connectivity index (χ4n) is 4.22. The van der Waals surface area contributed by atoms with Crippen molar-refractivity contribution in [3.8, 4) is 5.75 Å². The number of rotatable bonds is 2. The van der Waals surface area contributed by atoms with Crippen LogP contribution in [-0.2, 0) is 0 Å². The quantitative estimate of drug-likeness (QED) is 0.609. The van der Waals surface area contributed by atoms with Crippen molar-refractivity contribution in [1.29, 1.82) is 0 Å². The van der Waals surface area contributed by atoms with Crippen molar-refractivity contribution in [1.82, 2.24) is 4.90 Å². The largest absolute Gasteiger partial charge is 0.619 e. The predicted octanol–water partition coefficient (Wildman–Crippen LogP) is 1.46. The van der Waals surface area contributed by atoms with E-state index in [-0.39, 0.29) is 12.4 Å². The molecule has 3 saturated heterocycles. The summed E-state index contributed by atoms with van der Waals surface area (Å²) >= 11 is 0. The number of pyridine rings is 1. The standard InChI is InChI=1S/C14H18N2O2.ClH/c17-16-3-1-2-13(9-16)18-14-11-4-10-5-12(14)8-15(6-10)7-11;/h1-3,9-12,14H,4-8H2;1H. The van der Waals surface area contributed by atoms with Crippen LogP contribution in [0.3, 0.4) is 0 Å². The van der Waals surface area contributed by atoms with E-state index in [0.717, 1.165) is 16.4 Å². The molecule has 0 aromatic carbocycles. The summed E-state index contributed by atoms with van der Waals surface area (Å²) in [4.78, 5) is 2.59. The van der Waals surface area contributed by atoms with Crippen LogP contribution in [0.5, 0.6) is 5.75 Å². The number of halogens is 1. The SMILES string of the molecule is Cl.[O-][n+]1cccc(OC2C3CC4CC2CN(C4)C3)c1. The van der Waals surface area contributed by atoms with Gasteiger partial charge in [-0.15, -0.1) is 12.4 Å². The zero-order chi connectivity index (χ0) is 12.1. The third kappa shape index (κ3) is 2.28. The van der Waals surface area contributed by atoms with Gasteiger partial charge >= 0.3 is 0 Å². The Morgan fingerprint density at radius 2 is 1.95 bits per heavy atom. The normalized spacial score (nSPS) is 38.8. The highest BCUT2D eigenvalue weighted by molar-refractivity contribution is 5.85. The highest BCUT2D eigenvalue weighted by Crippen LogP contribution is 2.44. The molecule has 4 heterocycles. The first-order valence-electron chi connectivity index (χ1n) is 6.86. The predicted molar refractivity (Wildman–Crippen MR) is 73.2 cm³/mol. The van der Waals surface area contributed by atoms with Gasteiger partial charge in [-0.1, -0.05) is 0 Å². The first-order chi connectivity index (χ1) is 8.78. The molecule has 1 aliphatic carbocycles. The van der Waals surface area contributed by atoms with Gasteiger partial charge in [-0.25, -0.2) is 0 Å². The molecule has 4 nitrogen and oxygen atoms in total. The van der Waals surface area contributed by atoms with Crippen LogP contribution in [-0.4, -0.2) is 30.6 Å². The Kier molecular flexibility index (Phi) is 3.31. The average molecular weight is 283 g/mol. The summed E-state index contributed by atoms with van der Waals surface area (Å²) < 4.78 is 6.94. The van der Waals surface area contributed by atoms with E-state index in [1.165, 1.54) is 44.9 Å². The third-order valence-corrected chi connectivity index (χ3v) is 4.72. The number of ether oxygens (including phenoxy) is 1. The Morgan fingerprint density at radius 1 is 1.21 bits per heavy atom. The lowest BCUT2D eigenvalue weighted by Gasteiger charge is -2.55. The van der Waals surface area contributed by atoms with Crippen molar-refractivity contribution in [3.63, 3.8) is 0 Å². The maximum absolute atomic E-state index is 11.3. The van der Waals surface area contributed by atoms with Crippen LogP contribution in [0.1, 0.15) is 12.8 Å². The van der Waals surface area contributed by atoms with E-state index in [4.69, 9.17) is 4.74 Å². The van der Waals surface area contributed by atoms with E-state index in [1.807, 2.05) is 6.07 Å². The van der Waals surface area contributed by atoms with Crippen molar-refractivity contribution in [2.45, 2.75) is 18.9 Å². The highest BCUT2D eigenvalue weighted by atomic mass is 35.5. The van der Waals surface area contributed by atoms with Gasteiger partial charge in [0, 0.05) is 37.5 Å². The molecule has 3 aliphatic heterocycles. The Hall–Kier alpha value is -1.00. The van der Waals surface area contributed by atoms with E-state index < -0.39 is 0 Å². The molecule has 4 bridgehead atoms. The van der Waals surface area contributed by atoms with Gasteiger partial charge in [0.15, 0.2) is 11.9 Å². The second-order valence-electron chi connectivity index (χ2n) is 6.06. The molecule has 104 valence electrons. The lowest BCUT2D eigenvalue weighted by atomic mass is 9.66. The summed E-state index contributed by atoms with van der Waals surface area (Å²) in [6.45, 7) is 3.66. The van der Waals surface area contributed by atoms with E-state index in [9.17, 15) is 5.21 Å². The monoisotopic (exact) mass is 282 g/mol. The summed E-state index contributed by atoms with van der Waals surface area (Å²) in [6.07, 6.45) is 5.96. The van der Waals surface area contributed by atoms with Crippen molar-refractivity contribution in [3.05, 3.63) is 29.7 Å². The molecule has 0 spiro atoms. The maximum Gasteiger partial charge on any atom is 0.222 e. The minimum atomic E-state index is 0. The van der Waals surface area contributed by atoms with Gasteiger partial charge in [0.1, 0.15) is 6.10 Å². The third-order valence-electron chi connectivity index (χ3n) is 4.72. The molecular formula is C14H19ClN2O2. The molecular weight excluding hydrogens is 264 g/mol. The van der Waals surface area contributed by atoms with E-state index >= 15 is 0 Å². The van der Waals surface area contributed by atoms with Crippen LogP contribution in [0.2, 0.25) is 0 Å². The summed E-state index contributed by atoms with van der Waals surface area (Å²) in [5, 5.41) is 11.3. The minimum absolute atomic E-state index is 0. The summed E-state index contributed by atoms with van der Waals surface area (Å²) in [7, 11) is 0. The van der Waals surface area contributed by atoms with Gasteiger partial charge < -0.3 is 14.8 Å². The van der Waals surface area contributed by atoms with Gasteiger partial charge in [-0.05, 0) is 24.8 Å². The van der Waals surface area contributed by atoms with Crippen LogP contribution in [0.25, 0.3) is 0 Å². The summed E-state index contributed by atoms with van der Waals surface area (Å²) in [5.74, 6) is 2.94. The number of hydrogen-bond acceptors (Lipinski definition) is 3. The maximum atomic E-state index is 11.3. The van der Waals surface area contributed by atoms with Crippen molar-refractivity contribution in [2.75, 3.05) is 19.6 Å². The average Bonchev–Trinajstić information content (AvgIpc) is 2.33. The Bertz CT molecular complexity index is 441. The van der Waals surface area contributed by atoms with Crippen LogP contribution < -0.4 is 9.47 Å². The zero-order valence-corrected chi connectivity index (χ0v) is 11.6. The van der Waals surface area contributed by atoms with Gasteiger partial charge in [0.25, 0.3) is 0 Å². The molecule has 1 saturated carbocycles. The van der Waals surface area contributed by atoms with Crippen LogP contribution in [0, 0.1) is 23.0 Å². The molecule has 0 radical (unpaired) electrons. The molecule has 2 unspecified atom stereocenters. The van der Waals surface area contributed by atoms with Crippen molar-refractivity contribution in [2.24, 2.45) is 17.8 Å². The second-order valence-corrected chi connectivity index (χ2v) is 6.06. The van der Waals surface area contributed by atoms with Crippen molar-refractivity contribution < 1.29 is 9.47 Å². The topological polar surface area (TPSA) is 39.4 Å². The molecule has 5 rings (SSSR count). The Balaban J connectivity index is 0.00000110. The number of hydrogen-bond donors (Lipinski definition) is 0. The Morgan fingerprint density at radius 3 is 2.58 bits per heavy atom. The molecule has 0 N–H and O–H groups in total. The first kappa shape index (κ1) is 13.0. The first-order valence-corrected chi connectivity index (χ1v) is 6.86. The molecule has 0 amide bonds. The smallest absolute Gasteiger partial charge is 0.222 e. The van der Waals surface area contributed by atoms with Gasteiger partial charge in [-0.3, -0.25) is 0 Å². The molecule has 19 heavy (non-hydrogen) atoms. The van der Waals surface area contributed by atoms with Crippen LogP contribution in [0.15, 0.2) is 24.5 Å². The molecule has 2 atom stereocenters. The molecule has 4 fully saturated rings. The van der Waals surface area contributed by atoms with Gasteiger partial charge in [0.05, 0.1) is 0 Å². The van der Waals surface area contributed by atoms with Crippen LogP contribution in [0.4, 0.5) is 0 Å². The van der Waals surface area contributed by atoms with E-state index in [2.05, 4.69) is 4.90 Å². The van der Waals surface area contributed by atoms with Crippen LogP contribution >= 0.6 is 12.4 Å².